The lowest BCUT2D eigenvalue weighted by molar-refractivity contribution is 0.121. The number of aryl methyl sites for hydroxylation is 1. The van der Waals surface area contributed by atoms with Gasteiger partial charge in [0.25, 0.3) is 0 Å². The van der Waals surface area contributed by atoms with Gasteiger partial charge in [-0.25, -0.2) is 4.98 Å². The van der Waals surface area contributed by atoms with Gasteiger partial charge < -0.3 is 4.40 Å². The number of pyridine rings is 1. The predicted octanol–water partition coefficient (Wildman–Crippen LogP) is 2.96. The highest BCUT2D eigenvalue weighted by Gasteiger charge is 2.18. The zero-order chi connectivity index (χ0) is 16.4. The van der Waals surface area contributed by atoms with Crippen molar-refractivity contribution < 1.29 is 0 Å². The first-order valence-electron chi connectivity index (χ1n) is 8.70. The van der Waals surface area contributed by atoms with Crippen LogP contribution < -0.4 is 0 Å². The number of imidazole rings is 1. The fourth-order valence-electron chi connectivity index (χ4n) is 3.46. The minimum atomic E-state index is 0.945. The fourth-order valence-corrected chi connectivity index (χ4v) is 3.46. The third kappa shape index (κ3) is 3.35. The lowest BCUT2D eigenvalue weighted by Crippen LogP contribution is -2.45. The Kier molecular flexibility index (Phi) is 4.32. The number of aromatic nitrogens is 2. The van der Waals surface area contributed by atoms with Crippen LogP contribution in [0.5, 0.6) is 0 Å². The van der Waals surface area contributed by atoms with Crippen molar-refractivity contribution in [1.82, 2.24) is 19.2 Å². The fraction of sp³-hybridized carbons (Fsp3) is 0.350. The molecule has 0 saturated carbocycles. The Bertz CT molecular complexity index is 801. The van der Waals surface area contributed by atoms with Crippen LogP contribution in [0, 0.1) is 6.92 Å². The Morgan fingerprint density at radius 3 is 2.29 bits per heavy atom. The van der Waals surface area contributed by atoms with Crippen LogP contribution in [0.3, 0.4) is 0 Å². The van der Waals surface area contributed by atoms with E-state index in [1.54, 1.807) is 0 Å². The largest absolute Gasteiger partial charge is 0.307 e. The normalized spacial score (nSPS) is 16.7. The molecule has 1 aromatic carbocycles. The molecule has 0 aliphatic carbocycles. The Labute approximate surface area is 143 Å². The number of rotatable bonds is 4. The summed E-state index contributed by atoms with van der Waals surface area (Å²) in [4.78, 5) is 9.85. The highest BCUT2D eigenvalue weighted by molar-refractivity contribution is 5.47. The number of benzene rings is 1. The topological polar surface area (TPSA) is 23.8 Å². The van der Waals surface area contributed by atoms with Crippen molar-refractivity contribution in [2.75, 3.05) is 26.2 Å². The van der Waals surface area contributed by atoms with E-state index in [4.69, 9.17) is 4.98 Å². The average molecular weight is 320 g/mol. The number of hydrogen-bond acceptors (Lipinski definition) is 3. The van der Waals surface area contributed by atoms with Gasteiger partial charge in [-0.15, -0.1) is 0 Å². The lowest BCUT2D eigenvalue weighted by atomic mass is 10.2. The summed E-state index contributed by atoms with van der Waals surface area (Å²) < 4.78 is 2.14. The first kappa shape index (κ1) is 15.4. The summed E-state index contributed by atoms with van der Waals surface area (Å²) in [5.74, 6) is 0. The molecule has 0 atom stereocenters. The average Bonchev–Trinajstić information content (AvgIpc) is 3.02. The molecule has 124 valence electrons. The van der Waals surface area contributed by atoms with Crippen molar-refractivity contribution in [2.45, 2.75) is 20.0 Å². The van der Waals surface area contributed by atoms with Gasteiger partial charge in [-0.3, -0.25) is 9.80 Å². The summed E-state index contributed by atoms with van der Waals surface area (Å²) in [5.41, 5.74) is 4.88. The molecule has 24 heavy (non-hydrogen) atoms. The second kappa shape index (κ2) is 6.75. The van der Waals surface area contributed by atoms with Gasteiger partial charge in [-0.2, -0.15) is 0 Å². The highest BCUT2D eigenvalue weighted by Crippen LogP contribution is 2.14. The third-order valence-electron chi connectivity index (χ3n) is 4.83. The molecule has 0 radical (unpaired) electrons. The van der Waals surface area contributed by atoms with Crippen LogP contribution in [-0.2, 0) is 13.1 Å². The molecule has 0 amide bonds. The minimum Gasteiger partial charge on any atom is -0.307 e. The maximum absolute atomic E-state index is 4.80. The number of fused-ring (bicyclic) bond motifs is 1. The summed E-state index contributed by atoms with van der Waals surface area (Å²) >= 11 is 0. The molecule has 0 bridgehead atoms. The molecule has 0 unspecified atom stereocenters. The Balaban J connectivity index is 1.35. The van der Waals surface area contributed by atoms with E-state index in [0.717, 1.165) is 44.9 Å². The molecular weight excluding hydrogens is 296 g/mol. The van der Waals surface area contributed by atoms with E-state index in [1.807, 2.05) is 0 Å². The molecule has 1 saturated heterocycles. The molecule has 0 N–H and O–H groups in total. The molecule has 2 aromatic heterocycles. The number of hydrogen-bond donors (Lipinski definition) is 0. The standard InChI is InChI=1S/C20H24N4/c1-17-6-5-9-24-16-19(21-20(17)24)15-23-12-10-22(11-13-23)14-18-7-3-2-4-8-18/h2-9,16H,10-15H2,1H3. The van der Waals surface area contributed by atoms with Crippen LogP contribution in [-0.4, -0.2) is 45.4 Å². The monoisotopic (exact) mass is 320 g/mol. The van der Waals surface area contributed by atoms with Gasteiger partial charge in [-0.1, -0.05) is 36.4 Å². The maximum atomic E-state index is 4.80. The van der Waals surface area contributed by atoms with Gasteiger partial charge >= 0.3 is 0 Å². The minimum absolute atomic E-state index is 0.945. The molecule has 3 aromatic rings. The highest BCUT2D eigenvalue weighted by atomic mass is 15.3. The maximum Gasteiger partial charge on any atom is 0.139 e. The second-order valence-electron chi connectivity index (χ2n) is 6.69. The predicted molar refractivity (Wildman–Crippen MR) is 96.9 cm³/mol. The molecule has 3 heterocycles. The molecule has 0 spiro atoms. The molecular formula is C20H24N4. The molecule has 1 fully saturated rings. The van der Waals surface area contributed by atoms with Crippen molar-refractivity contribution >= 4 is 5.65 Å². The van der Waals surface area contributed by atoms with E-state index in [2.05, 4.69) is 76.0 Å². The van der Waals surface area contributed by atoms with Gasteiger partial charge in [0.2, 0.25) is 0 Å². The molecule has 1 aliphatic heterocycles. The van der Waals surface area contributed by atoms with Crippen molar-refractivity contribution in [1.29, 1.82) is 0 Å². The Morgan fingerprint density at radius 1 is 0.875 bits per heavy atom. The summed E-state index contributed by atoms with van der Waals surface area (Å²) in [7, 11) is 0. The molecule has 4 nitrogen and oxygen atoms in total. The van der Waals surface area contributed by atoms with Gasteiger partial charge in [-0.05, 0) is 24.1 Å². The van der Waals surface area contributed by atoms with Crippen LogP contribution >= 0.6 is 0 Å². The van der Waals surface area contributed by atoms with Gasteiger partial charge in [0.1, 0.15) is 5.65 Å². The summed E-state index contributed by atoms with van der Waals surface area (Å²) in [6.45, 7) is 8.60. The van der Waals surface area contributed by atoms with Gasteiger partial charge in [0, 0.05) is 51.7 Å². The number of nitrogens with zero attached hydrogens (tertiary/aromatic N) is 4. The van der Waals surface area contributed by atoms with Gasteiger partial charge in [0.15, 0.2) is 0 Å². The molecule has 4 heteroatoms. The second-order valence-corrected chi connectivity index (χ2v) is 6.69. The van der Waals surface area contributed by atoms with E-state index >= 15 is 0 Å². The number of piperazine rings is 1. The van der Waals surface area contributed by atoms with E-state index in [-0.39, 0.29) is 0 Å². The summed E-state index contributed by atoms with van der Waals surface area (Å²) in [6, 6.07) is 15.0. The Morgan fingerprint density at radius 2 is 1.58 bits per heavy atom. The summed E-state index contributed by atoms with van der Waals surface area (Å²) in [5, 5.41) is 0. The zero-order valence-electron chi connectivity index (χ0n) is 14.2. The van der Waals surface area contributed by atoms with Crippen LogP contribution in [0.25, 0.3) is 5.65 Å². The quantitative estimate of drug-likeness (QED) is 0.738. The molecule has 4 rings (SSSR count). The van der Waals surface area contributed by atoms with Crippen molar-refractivity contribution in [3.63, 3.8) is 0 Å². The van der Waals surface area contributed by atoms with E-state index in [9.17, 15) is 0 Å². The first-order valence-corrected chi connectivity index (χ1v) is 8.70. The lowest BCUT2D eigenvalue weighted by Gasteiger charge is -2.34. The zero-order valence-corrected chi connectivity index (χ0v) is 14.2. The van der Waals surface area contributed by atoms with E-state index in [0.29, 0.717) is 0 Å². The molecule has 1 aliphatic rings. The van der Waals surface area contributed by atoms with Crippen LogP contribution in [0.15, 0.2) is 54.9 Å². The summed E-state index contributed by atoms with van der Waals surface area (Å²) in [6.07, 6.45) is 4.25. The third-order valence-corrected chi connectivity index (χ3v) is 4.83. The van der Waals surface area contributed by atoms with Crippen LogP contribution in [0.1, 0.15) is 16.8 Å². The van der Waals surface area contributed by atoms with Crippen LogP contribution in [0.2, 0.25) is 0 Å². The SMILES string of the molecule is Cc1cccn2cc(CN3CCN(Cc4ccccc4)CC3)nc12. The van der Waals surface area contributed by atoms with Crippen molar-refractivity contribution in [3.8, 4) is 0 Å². The first-order chi connectivity index (χ1) is 11.8. The van der Waals surface area contributed by atoms with Crippen molar-refractivity contribution in [3.05, 3.63) is 71.7 Å². The van der Waals surface area contributed by atoms with Crippen molar-refractivity contribution in [2.24, 2.45) is 0 Å². The van der Waals surface area contributed by atoms with Crippen LogP contribution in [0.4, 0.5) is 0 Å². The van der Waals surface area contributed by atoms with E-state index < -0.39 is 0 Å². The van der Waals surface area contributed by atoms with Gasteiger partial charge in [0.05, 0.1) is 5.69 Å². The van der Waals surface area contributed by atoms with E-state index in [1.165, 1.54) is 16.8 Å². The Hall–Kier alpha value is -2.17. The smallest absolute Gasteiger partial charge is 0.139 e.